The van der Waals surface area contributed by atoms with Crippen molar-refractivity contribution in [3.63, 3.8) is 0 Å². The molecule has 0 rings (SSSR count). The van der Waals surface area contributed by atoms with Gasteiger partial charge in [0.1, 0.15) is 6.23 Å². The molecule has 52 valence electrons. The van der Waals surface area contributed by atoms with E-state index in [4.69, 9.17) is 10.6 Å². The van der Waals surface area contributed by atoms with Gasteiger partial charge in [-0.2, -0.15) is 0 Å². The van der Waals surface area contributed by atoms with Crippen molar-refractivity contribution in [1.82, 2.24) is 0 Å². The van der Waals surface area contributed by atoms with Crippen molar-refractivity contribution in [3.05, 3.63) is 10.4 Å². The Morgan fingerprint density at radius 2 is 2.44 bits per heavy atom. The van der Waals surface area contributed by atoms with Gasteiger partial charge < -0.3 is 5.11 Å². The van der Waals surface area contributed by atoms with Crippen molar-refractivity contribution in [2.75, 3.05) is 0 Å². The number of aliphatic hydroxyl groups excluding tert-OH is 1. The molecule has 0 saturated heterocycles. The Morgan fingerprint density at radius 3 is 2.89 bits per heavy atom. The Morgan fingerprint density at radius 1 is 1.78 bits per heavy atom. The lowest BCUT2D eigenvalue weighted by atomic mass is 10.2. The molecule has 0 bridgehead atoms. The number of unbranched alkanes of at least 4 members (excludes halogenated alkanes) is 1. The molecule has 9 heavy (non-hydrogen) atoms. The smallest absolute Gasteiger partial charge is 0.133 e. The number of aliphatic hydroxyl groups is 1. The minimum Gasteiger partial charge on any atom is -0.387 e. The van der Waals surface area contributed by atoms with Gasteiger partial charge in [0.25, 0.3) is 0 Å². The third kappa shape index (κ3) is 5.14. The van der Waals surface area contributed by atoms with Crippen LogP contribution >= 0.6 is 0 Å². The average Bonchev–Trinajstić information content (AvgIpc) is 1.85. The molecule has 0 radical (unpaired) electrons. The molecule has 0 aromatic heterocycles. The molecule has 0 spiro atoms. The van der Waals surface area contributed by atoms with Crippen LogP contribution in [0, 0.1) is 0 Å². The van der Waals surface area contributed by atoms with E-state index in [1.165, 1.54) is 0 Å². The third-order valence-corrected chi connectivity index (χ3v) is 1.00. The highest BCUT2D eigenvalue weighted by Gasteiger charge is 1.96. The molecule has 1 unspecified atom stereocenters. The van der Waals surface area contributed by atoms with Gasteiger partial charge in [0.05, 0.1) is 0 Å². The number of azide groups is 1. The van der Waals surface area contributed by atoms with Gasteiger partial charge in [-0.1, -0.05) is 24.9 Å². The fourth-order valence-corrected chi connectivity index (χ4v) is 0.504. The van der Waals surface area contributed by atoms with Gasteiger partial charge in [0, 0.05) is 4.91 Å². The summed E-state index contributed by atoms with van der Waals surface area (Å²) in [6, 6.07) is 0. The van der Waals surface area contributed by atoms with Crippen LogP contribution in [0.4, 0.5) is 0 Å². The van der Waals surface area contributed by atoms with E-state index in [9.17, 15) is 0 Å². The molecule has 1 atom stereocenters. The van der Waals surface area contributed by atoms with Gasteiger partial charge in [-0.05, 0) is 12.0 Å². The van der Waals surface area contributed by atoms with Crippen LogP contribution in [0.15, 0.2) is 5.11 Å². The van der Waals surface area contributed by atoms with E-state index in [-0.39, 0.29) is 0 Å². The molecule has 0 fully saturated rings. The van der Waals surface area contributed by atoms with Gasteiger partial charge >= 0.3 is 0 Å². The van der Waals surface area contributed by atoms with E-state index in [1.807, 2.05) is 6.92 Å². The van der Waals surface area contributed by atoms with Crippen LogP contribution < -0.4 is 0 Å². The summed E-state index contributed by atoms with van der Waals surface area (Å²) in [5.74, 6) is 0. The van der Waals surface area contributed by atoms with Crippen molar-refractivity contribution < 1.29 is 5.11 Å². The fourth-order valence-electron chi connectivity index (χ4n) is 0.504. The minimum absolute atomic E-state index is 0.570. The Kier molecular flexibility index (Phi) is 4.97. The van der Waals surface area contributed by atoms with Crippen LogP contribution in [0.3, 0.4) is 0 Å². The predicted octanol–water partition coefficient (Wildman–Crippen LogP) is 1.81. The highest BCUT2D eigenvalue weighted by atomic mass is 16.3. The summed E-state index contributed by atoms with van der Waals surface area (Å²) in [5, 5.41) is 11.9. The zero-order valence-electron chi connectivity index (χ0n) is 5.49. The minimum atomic E-state index is -0.824. The monoisotopic (exact) mass is 129 g/mol. The van der Waals surface area contributed by atoms with Crippen LogP contribution in [0.25, 0.3) is 10.4 Å². The molecule has 0 saturated carbocycles. The maximum Gasteiger partial charge on any atom is 0.133 e. The van der Waals surface area contributed by atoms with Gasteiger partial charge in [-0.15, -0.1) is 0 Å². The first-order valence-corrected chi connectivity index (χ1v) is 3.03. The Bertz CT molecular complexity index is 109. The summed E-state index contributed by atoms with van der Waals surface area (Å²) >= 11 is 0. The molecule has 0 amide bonds. The SMILES string of the molecule is CCCCC(O)N=[N+]=[N-]. The molecule has 0 aromatic rings. The van der Waals surface area contributed by atoms with E-state index >= 15 is 0 Å². The molecule has 0 aliphatic carbocycles. The van der Waals surface area contributed by atoms with Crippen LogP contribution in [-0.4, -0.2) is 11.3 Å². The van der Waals surface area contributed by atoms with E-state index in [0.29, 0.717) is 6.42 Å². The number of hydrogen-bond acceptors (Lipinski definition) is 2. The lowest BCUT2D eigenvalue weighted by Gasteiger charge is -1.98. The van der Waals surface area contributed by atoms with Crippen LogP contribution in [-0.2, 0) is 0 Å². The third-order valence-electron chi connectivity index (χ3n) is 1.00. The lowest BCUT2D eigenvalue weighted by Crippen LogP contribution is -1.99. The van der Waals surface area contributed by atoms with Crippen LogP contribution in [0.5, 0.6) is 0 Å². The molecule has 4 heteroatoms. The summed E-state index contributed by atoms with van der Waals surface area (Å²) in [6.07, 6.45) is 1.66. The predicted molar refractivity (Wildman–Crippen MR) is 34.7 cm³/mol. The Balaban J connectivity index is 3.26. The second kappa shape index (κ2) is 5.41. The highest BCUT2D eigenvalue weighted by molar-refractivity contribution is 4.52. The van der Waals surface area contributed by atoms with E-state index < -0.39 is 6.23 Å². The highest BCUT2D eigenvalue weighted by Crippen LogP contribution is 2.00. The number of rotatable bonds is 4. The Hall–Kier alpha value is -0.730. The fraction of sp³-hybridized carbons (Fsp3) is 1.00. The summed E-state index contributed by atoms with van der Waals surface area (Å²) in [4.78, 5) is 2.46. The molecule has 0 aliphatic heterocycles. The maximum absolute atomic E-state index is 8.76. The van der Waals surface area contributed by atoms with Crippen molar-refractivity contribution in [3.8, 4) is 0 Å². The summed E-state index contributed by atoms with van der Waals surface area (Å²) < 4.78 is 0. The van der Waals surface area contributed by atoms with Gasteiger partial charge in [0.15, 0.2) is 0 Å². The Labute approximate surface area is 54.1 Å². The van der Waals surface area contributed by atoms with Crippen LogP contribution in [0.2, 0.25) is 0 Å². The van der Waals surface area contributed by atoms with Gasteiger partial charge in [0.2, 0.25) is 0 Å². The van der Waals surface area contributed by atoms with E-state index in [2.05, 4.69) is 10.0 Å². The molecule has 0 heterocycles. The summed E-state index contributed by atoms with van der Waals surface area (Å²) in [7, 11) is 0. The topological polar surface area (TPSA) is 69.0 Å². The molecule has 0 aliphatic rings. The summed E-state index contributed by atoms with van der Waals surface area (Å²) in [5.41, 5.74) is 7.83. The lowest BCUT2D eigenvalue weighted by molar-refractivity contribution is 0.169. The molecule has 0 aromatic carbocycles. The normalized spacial score (nSPS) is 12.2. The second-order valence-electron chi connectivity index (χ2n) is 1.83. The standard InChI is InChI=1S/C5H11N3O/c1-2-3-4-5(9)7-8-6/h5,9H,2-4H2,1H3. The van der Waals surface area contributed by atoms with E-state index in [1.54, 1.807) is 0 Å². The maximum atomic E-state index is 8.76. The van der Waals surface area contributed by atoms with Gasteiger partial charge in [-0.3, -0.25) is 0 Å². The zero-order chi connectivity index (χ0) is 7.11. The molecule has 4 nitrogen and oxygen atoms in total. The average molecular weight is 129 g/mol. The number of hydrogen-bond donors (Lipinski definition) is 1. The first-order valence-electron chi connectivity index (χ1n) is 3.03. The first kappa shape index (κ1) is 8.27. The largest absolute Gasteiger partial charge is 0.387 e. The van der Waals surface area contributed by atoms with Gasteiger partial charge in [-0.25, -0.2) is 0 Å². The van der Waals surface area contributed by atoms with E-state index in [0.717, 1.165) is 12.8 Å². The molecule has 1 N–H and O–H groups in total. The van der Waals surface area contributed by atoms with Crippen molar-refractivity contribution >= 4 is 0 Å². The summed E-state index contributed by atoms with van der Waals surface area (Å²) in [6.45, 7) is 2.02. The van der Waals surface area contributed by atoms with Crippen LogP contribution in [0.1, 0.15) is 26.2 Å². The molecular weight excluding hydrogens is 118 g/mol. The zero-order valence-corrected chi connectivity index (χ0v) is 5.49. The quantitative estimate of drug-likeness (QED) is 0.351. The van der Waals surface area contributed by atoms with Crippen molar-refractivity contribution in [2.45, 2.75) is 32.4 Å². The van der Waals surface area contributed by atoms with Crippen molar-refractivity contribution in [1.29, 1.82) is 0 Å². The first-order chi connectivity index (χ1) is 4.31. The number of nitrogens with zero attached hydrogens (tertiary/aromatic N) is 3. The van der Waals surface area contributed by atoms with Crippen molar-refractivity contribution in [2.24, 2.45) is 5.11 Å². The molecular formula is C5H11N3O. The second-order valence-corrected chi connectivity index (χ2v) is 1.83.